The molecule has 0 unspecified atom stereocenters. The maximum Gasteiger partial charge on any atom is 0.411 e. The highest BCUT2D eigenvalue weighted by atomic mass is 32.2. The van der Waals surface area contributed by atoms with E-state index in [0.29, 0.717) is 11.4 Å². The number of benzene rings is 1. The van der Waals surface area contributed by atoms with Crippen LogP contribution in [0.5, 0.6) is 0 Å². The zero-order valence-electron chi connectivity index (χ0n) is 10.5. The number of carbonyl (C=O) groups excluding carboxylic acids is 1. The van der Waals surface area contributed by atoms with Gasteiger partial charge in [-0.1, -0.05) is 6.07 Å². The molecule has 0 aliphatic heterocycles. The molecule has 2 rings (SSSR count). The van der Waals surface area contributed by atoms with Gasteiger partial charge in [0.1, 0.15) is 0 Å². The van der Waals surface area contributed by atoms with Crippen molar-refractivity contribution < 1.29 is 17.9 Å². The normalized spacial score (nSPS) is 10.8. The van der Waals surface area contributed by atoms with Gasteiger partial charge in [-0.05, 0) is 24.3 Å². The maximum atomic E-state index is 12.0. The first-order valence-electron chi connectivity index (χ1n) is 5.48. The standard InChI is InChI=1S/C11H12N4O4S/c1-19-11(16)13-8-3-2-4-9(7-8)15-20(17,18)10-5-6-12-14-10/h2-7,15H,1H3,(H,12,14)(H,13,16). The molecule has 0 fully saturated rings. The Labute approximate surface area is 115 Å². The number of aromatic amines is 1. The molecule has 3 N–H and O–H groups in total. The van der Waals surface area contributed by atoms with E-state index in [1.165, 1.54) is 25.4 Å². The van der Waals surface area contributed by atoms with Gasteiger partial charge >= 0.3 is 6.09 Å². The van der Waals surface area contributed by atoms with Crippen molar-refractivity contribution >= 4 is 27.5 Å². The Hall–Kier alpha value is -2.55. The minimum absolute atomic E-state index is 0.0520. The van der Waals surface area contributed by atoms with Gasteiger partial charge < -0.3 is 4.74 Å². The largest absolute Gasteiger partial charge is 0.453 e. The predicted octanol–water partition coefficient (Wildman–Crippen LogP) is 1.39. The lowest BCUT2D eigenvalue weighted by atomic mass is 10.3. The van der Waals surface area contributed by atoms with E-state index < -0.39 is 16.1 Å². The molecule has 0 saturated heterocycles. The molecule has 8 nitrogen and oxygen atoms in total. The fourth-order valence-electron chi connectivity index (χ4n) is 1.43. The van der Waals surface area contributed by atoms with Crippen LogP contribution in [0.15, 0.2) is 41.6 Å². The number of rotatable bonds is 4. The van der Waals surface area contributed by atoms with Crippen LogP contribution in [0.1, 0.15) is 0 Å². The van der Waals surface area contributed by atoms with Crippen LogP contribution < -0.4 is 10.0 Å². The first-order valence-corrected chi connectivity index (χ1v) is 6.97. The highest BCUT2D eigenvalue weighted by Crippen LogP contribution is 2.18. The van der Waals surface area contributed by atoms with Gasteiger partial charge in [-0.2, -0.15) is 13.5 Å². The molecule has 1 aromatic heterocycles. The summed E-state index contributed by atoms with van der Waals surface area (Å²) in [7, 11) is -2.50. The van der Waals surface area contributed by atoms with Gasteiger partial charge in [0.15, 0.2) is 5.03 Å². The average molecular weight is 296 g/mol. The number of amides is 1. The van der Waals surface area contributed by atoms with Gasteiger partial charge in [0.25, 0.3) is 10.0 Å². The molecule has 0 aliphatic carbocycles. The summed E-state index contributed by atoms with van der Waals surface area (Å²) in [5.41, 5.74) is 0.704. The van der Waals surface area contributed by atoms with E-state index >= 15 is 0 Å². The molecule has 0 radical (unpaired) electrons. The van der Waals surface area contributed by atoms with Crippen LogP contribution in [0.2, 0.25) is 0 Å². The van der Waals surface area contributed by atoms with Gasteiger partial charge in [0, 0.05) is 5.69 Å². The van der Waals surface area contributed by atoms with Gasteiger partial charge in [0.2, 0.25) is 0 Å². The summed E-state index contributed by atoms with van der Waals surface area (Å²) in [6, 6.07) is 7.54. The first kappa shape index (κ1) is 13.9. The molecule has 0 aliphatic rings. The van der Waals surface area contributed by atoms with E-state index in [2.05, 4.69) is 25.0 Å². The number of aromatic nitrogens is 2. The number of sulfonamides is 1. The maximum absolute atomic E-state index is 12.0. The Morgan fingerprint density at radius 3 is 2.70 bits per heavy atom. The summed E-state index contributed by atoms with van der Waals surface area (Å²) in [4.78, 5) is 11.1. The van der Waals surface area contributed by atoms with Crippen molar-refractivity contribution in [1.82, 2.24) is 10.2 Å². The summed E-state index contributed by atoms with van der Waals surface area (Å²) in [6.07, 6.45) is 0.697. The fraction of sp³-hybridized carbons (Fsp3) is 0.0909. The number of anilines is 2. The molecule has 1 amide bonds. The lowest BCUT2D eigenvalue weighted by Gasteiger charge is -2.08. The van der Waals surface area contributed by atoms with Gasteiger partial charge in [-0.3, -0.25) is 15.1 Å². The summed E-state index contributed by atoms with van der Waals surface area (Å²) in [5.74, 6) is 0. The van der Waals surface area contributed by atoms with E-state index in [0.717, 1.165) is 0 Å². The number of nitrogens with one attached hydrogen (secondary N) is 3. The molecule has 20 heavy (non-hydrogen) atoms. The quantitative estimate of drug-likeness (QED) is 0.789. The number of carbonyl (C=O) groups is 1. The summed E-state index contributed by atoms with van der Waals surface area (Å²) >= 11 is 0. The van der Waals surface area contributed by atoms with Crippen LogP contribution >= 0.6 is 0 Å². The second kappa shape index (κ2) is 5.61. The molecule has 1 aromatic carbocycles. The smallest absolute Gasteiger partial charge is 0.411 e. The Kier molecular flexibility index (Phi) is 3.89. The van der Waals surface area contributed by atoms with E-state index in [4.69, 9.17) is 0 Å². The molecular weight excluding hydrogens is 284 g/mol. The number of hydrogen-bond acceptors (Lipinski definition) is 5. The molecule has 0 atom stereocenters. The zero-order valence-corrected chi connectivity index (χ0v) is 11.3. The molecule has 106 valence electrons. The number of nitrogens with zero attached hydrogens (tertiary/aromatic N) is 1. The third kappa shape index (κ3) is 3.26. The third-order valence-electron chi connectivity index (χ3n) is 2.31. The number of ether oxygens (including phenoxy) is 1. The highest BCUT2D eigenvalue weighted by Gasteiger charge is 2.15. The Bertz CT molecular complexity index is 697. The van der Waals surface area contributed by atoms with Crippen LogP contribution in [0.25, 0.3) is 0 Å². The average Bonchev–Trinajstić information content (AvgIpc) is 2.93. The predicted molar refractivity (Wildman–Crippen MR) is 71.9 cm³/mol. The molecule has 0 saturated carbocycles. The molecular formula is C11H12N4O4S. The lowest BCUT2D eigenvalue weighted by Crippen LogP contribution is -2.14. The topological polar surface area (TPSA) is 113 Å². The SMILES string of the molecule is COC(=O)Nc1cccc(NS(=O)(=O)c2ccn[nH]2)c1. The van der Waals surface area contributed by atoms with Crippen molar-refractivity contribution in [3.8, 4) is 0 Å². The van der Waals surface area contributed by atoms with Gasteiger partial charge in [0.05, 0.1) is 19.0 Å². The first-order chi connectivity index (χ1) is 9.51. The van der Waals surface area contributed by atoms with E-state index in [-0.39, 0.29) is 5.03 Å². The van der Waals surface area contributed by atoms with Crippen molar-refractivity contribution in [3.63, 3.8) is 0 Å². The summed E-state index contributed by atoms with van der Waals surface area (Å²) < 4.78 is 30.7. The second-order valence-corrected chi connectivity index (χ2v) is 5.37. The number of hydrogen-bond donors (Lipinski definition) is 3. The van der Waals surface area contributed by atoms with Crippen LogP contribution in [-0.2, 0) is 14.8 Å². The highest BCUT2D eigenvalue weighted by molar-refractivity contribution is 7.92. The number of H-pyrrole nitrogens is 1. The molecule has 1 heterocycles. The lowest BCUT2D eigenvalue weighted by molar-refractivity contribution is 0.187. The molecule has 0 spiro atoms. The van der Waals surface area contributed by atoms with Gasteiger partial charge in [-0.15, -0.1) is 0 Å². The summed E-state index contributed by atoms with van der Waals surface area (Å²) in [5, 5.41) is 8.33. The summed E-state index contributed by atoms with van der Waals surface area (Å²) in [6.45, 7) is 0. The van der Waals surface area contributed by atoms with Crippen molar-refractivity contribution in [3.05, 3.63) is 36.5 Å². The molecule has 9 heteroatoms. The van der Waals surface area contributed by atoms with Crippen molar-refractivity contribution in [2.45, 2.75) is 5.03 Å². The molecule has 2 aromatic rings. The minimum Gasteiger partial charge on any atom is -0.453 e. The van der Waals surface area contributed by atoms with Crippen LogP contribution in [0.4, 0.5) is 16.2 Å². The van der Waals surface area contributed by atoms with E-state index in [1.54, 1.807) is 18.2 Å². The number of methoxy groups -OCH3 is 1. The third-order valence-corrected chi connectivity index (χ3v) is 3.62. The fourth-order valence-corrected chi connectivity index (χ4v) is 2.39. The van der Waals surface area contributed by atoms with Crippen LogP contribution in [0.3, 0.4) is 0 Å². The molecule has 0 bridgehead atoms. The van der Waals surface area contributed by atoms with E-state index in [1.807, 2.05) is 0 Å². The monoisotopic (exact) mass is 296 g/mol. The van der Waals surface area contributed by atoms with Crippen molar-refractivity contribution in [2.75, 3.05) is 17.1 Å². The zero-order chi connectivity index (χ0) is 14.6. The van der Waals surface area contributed by atoms with Crippen molar-refractivity contribution in [2.24, 2.45) is 0 Å². The van der Waals surface area contributed by atoms with Gasteiger partial charge in [-0.25, -0.2) is 4.79 Å². The Morgan fingerprint density at radius 2 is 2.05 bits per heavy atom. The van der Waals surface area contributed by atoms with E-state index in [9.17, 15) is 13.2 Å². The Morgan fingerprint density at radius 1 is 1.30 bits per heavy atom. The van der Waals surface area contributed by atoms with Crippen molar-refractivity contribution in [1.29, 1.82) is 0 Å². The minimum atomic E-state index is -3.73. The van der Waals surface area contributed by atoms with Crippen LogP contribution in [0, 0.1) is 0 Å². The Balaban J connectivity index is 2.18. The second-order valence-electron chi connectivity index (χ2n) is 3.72. The van der Waals surface area contributed by atoms with Crippen LogP contribution in [-0.4, -0.2) is 31.8 Å².